The maximum Gasteiger partial charge on any atom is 0.491 e. The van der Waals surface area contributed by atoms with Crippen molar-refractivity contribution in [1.82, 2.24) is 4.98 Å². The minimum atomic E-state index is -0.400. The smallest absolute Gasteiger partial charge is 0.400 e. The second-order valence-corrected chi connectivity index (χ2v) is 7.78. The molecule has 0 saturated carbocycles. The second kappa shape index (κ2) is 6.38. The number of rotatable bonds is 3. The summed E-state index contributed by atoms with van der Waals surface area (Å²) >= 11 is 10.5. The van der Waals surface area contributed by atoms with Crippen LogP contribution in [0.25, 0.3) is 17.0 Å². The zero-order valence-corrected chi connectivity index (χ0v) is 16.0. The Morgan fingerprint density at radius 3 is 2.50 bits per heavy atom. The molecule has 1 saturated heterocycles. The van der Waals surface area contributed by atoms with Crippen LogP contribution in [0, 0.1) is 0 Å². The summed E-state index contributed by atoms with van der Waals surface area (Å²) in [5.41, 5.74) is 2.17. The molecule has 3 rings (SSSR count). The Hall–Kier alpha value is -1.01. The molecule has 1 fully saturated rings. The molecule has 126 valence electrons. The summed E-state index contributed by atoms with van der Waals surface area (Å²) in [6.07, 6.45) is 3.86. The quantitative estimate of drug-likeness (QED) is 0.627. The molecular weight excluding hydrogens is 341 g/mol. The van der Waals surface area contributed by atoms with Crippen LogP contribution in [0.15, 0.2) is 35.9 Å². The number of hydrogen-bond donors (Lipinski definition) is 1. The zero-order chi connectivity index (χ0) is 17.5. The average molecular weight is 362 g/mol. The molecule has 1 aromatic carbocycles. The fourth-order valence-corrected chi connectivity index (χ4v) is 3.06. The normalized spacial score (nSPS) is 19.9. The predicted octanol–water partition coefficient (Wildman–Crippen LogP) is 4.83. The molecule has 0 aliphatic carbocycles. The molecule has 3 nitrogen and oxygen atoms in total. The minimum absolute atomic E-state index is 0.368. The highest BCUT2D eigenvalue weighted by Crippen LogP contribution is 2.39. The maximum absolute atomic E-state index is 6.14. The van der Waals surface area contributed by atoms with Crippen molar-refractivity contribution >= 4 is 48.3 Å². The third-order valence-electron chi connectivity index (χ3n) is 4.82. The van der Waals surface area contributed by atoms with Gasteiger partial charge in [-0.3, -0.25) is 4.98 Å². The van der Waals surface area contributed by atoms with Crippen LogP contribution in [0.2, 0.25) is 5.02 Å². The largest absolute Gasteiger partial charge is 0.491 e. The van der Waals surface area contributed by atoms with Gasteiger partial charge >= 0.3 is 7.12 Å². The van der Waals surface area contributed by atoms with Gasteiger partial charge in [-0.05, 0) is 56.9 Å². The van der Waals surface area contributed by atoms with Crippen molar-refractivity contribution < 1.29 is 9.31 Å². The number of halogens is 1. The molecule has 2 heterocycles. The Balaban J connectivity index is 2.01. The van der Waals surface area contributed by atoms with E-state index in [2.05, 4.69) is 23.7 Å². The molecule has 0 radical (unpaired) electrons. The van der Waals surface area contributed by atoms with E-state index >= 15 is 0 Å². The van der Waals surface area contributed by atoms with Crippen molar-refractivity contribution in [2.45, 2.75) is 38.9 Å². The molecule has 0 amide bonds. The Morgan fingerprint density at radius 1 is 1.21 bits per heavy atom. The lowest BCUT2D eigenvalue weighted by Gasteiger charge is -2.32. The van der Waals surface area contributed by atoms with E-state index in [-0.39, 0.29) is 11.2 Å². The predicted molar refractivity (Wildman–Crippen MR) is 105 cm³/mol. The summed E-state index contributed by atoms with van der Waals surface area (Å²) in [7, 11) is -0.400. The lowest BCUT2D eigenvalue weighted by Crippen LogP contribution is -2.41. The first-order valence-electron chi connectivity index (χ1n) is 7.95. The van der Waals surface area contributed by atoms with Crippen molar-refractivity contribution in [1.29, 1.82) is 0 Å². The van der Waals surface area contributed by atoms with Crippen molar-refractivity contribution in [3.8, 4) is 0 Å². The topological polar surface area (TPSA) is 31.4 Å². The van der Waals surface area contributed by atoms with Gasteiger partial charge in [0.25, 0.3) is 0 Å². The van der Waals surface area contributed by atoms with Crippen LogP contribution in [0.5, 0.6) is 0 Å². The molecule has 2 aromatic rings. The average Bonchev–Trinajstić information content (AvgIpc) is 2.72. The summed E-state index contributed by atoms with van der Waals surface area (Å²) in [5, 5.41) is 1.72. The van der Waals surface area contributed by atoms with Crippen LogP contribution in [0.4, 0.5) is 0 Å². The van der Waals surface area contributed by atoms with E-state index in [1.54, 1.807) is 6.20 Å². The first kappa shape index (κ1) is 17.8. The molecule has 1 aromatic heterocycles. The van der Waals surface area contributed by atoms with Crippen LogP contribution in [0.3, 0.4) is 0 Å². The Labute approximate surface area is 153 Å². The molecule has 0 atom stereocenters. The van der Waals surface area contributed by atoms with Gasteiger partial charge in [0.05, 0.1) is 16.7 Å². The minimum Gasteiger partial charge on any atom is -0.400 e. The maximum atomic E-state index is 6.14. The van der Waals surface area contributed by atoms with Gasteiger partial charge in [0.15, 0.2) is 0 Å². The van der Waals surface area contributed by atoms with Crippen molar-refractivity contribution in [3.05, 3.63) is 46.5 Å². The summed E-state index contributed by atoms with van der Waals surface area (Å²) in [4.78, 5) is 4.38. The summed E-state index contributed by atoms with van der Waals surface area (Å²) in [6.45, 7) is 8.19. The third-order valence-corrected chi connectivity index (χ3v) is 5.42. The molecular formula is C18H21BClNO2S. The van der Waals surface area contributed by atoms with E-state index in [1.165, 1.54) is 0 Å². The fraction of sp³-hybridized carbons (Fsp3) is 0.389. The first-order valence-corrected chi connectivity index (χ1v) is 8.96. The number of benzene rings is 1. The van der Waals surface area contributed by atoms with E-state index in [4.69, 9.17) is 20.9 Å². The molecule has 6 heteroatoms. The van der Waals surface area contributed by atoms with Crippen LogP contribution >= 0.6 is 24.2 Å². The Kier molecular flexibility index (Phi) is 4.73. The standard InChI is InChI=1S/C18H21BClNO2S/c1-17(2)18(3,4)23-19(22-17)13(11-24)9-12-7-8-21-16-10-14(20)5-6-15(12)16/h5-10,24H,11H2,1-4H3. The SMILES string of the molecule is CC1(C)OB(C(=Cc2ccnc3cc(Cl)ccc23)CS)OC1(C)C. The highest BCUT2D eigenvalue weighted by molar-refractivity contribution is 7.80. The second-order valence-electron chi connectivity index (χ2n) is 7.03. The first-order chi connectivity index (χ1) is 11.2. The fourth-order valence-electron chi connectivity index (χ4n) is 2.65. The zero-order valence-electron chi connectivity index (χ0n) is 14.3. The van der Waals surface area contributed by atoms with Crippen LogP contribution in [-0.4, -0.2) is 29.1 Å². The monoisotopic (exact) mass is 361 g/mol. The van der Waals surface area contributed by atoms with Crippen molar-refractivity contribution in [2.24, 2.45) is 0 Å². The molecule has 0 spiro atoms. The van der Waals surface area contributed by atoms with Gasteiger partial charge in [0, 0.05) is 22.4 Å². The van der Waals surface area contributed by atoms with E-state index in [1.807, 2.05) is 52.0 Å². The Bertz CT molecular complexity index is 791. The van der Waals surface area contributed by atoms with Gasteiger partial charge in [-0.1, -0.05) is 23.7 Å². The summed E-state index contributed by atoms with van der Waals surface area (Å²) in [5.74, 6) is 0.550. The van der Waals surface area contributed by atoms with E-state index in [9.17, 15) is 0 Å². The molecule has 1 aliphatic rings. The molecule has 1 aliphatic heterocycles. The molecule has 0 bridgehead atoms. The number of fused-ring (bicyclic) bond motifs is 1. The highest BCUT2D eigenvalue weighted by Gasteiger charge is 2.52. The van der Waals surface area contributed by atoms with Crippen LogP contribution in [0.1, 0.15) is 33.3 Å². The lowest BCUT2D eigenvalue weighted by atomic mass is 9.78. The Morgan fingerprint density at radius 2 is 1.88 bits per heavy atom. The van der Waals surface area contributed by atoms with Crippen LogP contribution in [-0.2, 0) is 9.31 Å². The summed E-state index contributed by atoms with van der Waals surface area (Å²) < 4.78 is 12.3. The summed E-state index contributed by atoms with van der Waals surface area (Å²) in [6, 6.07) is 7.70. The van der Waals surface area contributed by atoms with E-state index in [0.717, 1.165) is 21.9 Å². The molecule has 24 heavy (non-hydrogen) atoms. The van der Waals surface area contributed by atoms with Gasteiger partial charge < -0.3 is 9.31 Å². The highest BCUT2D eigenvalue weighted by atomic mass is 35.5. The molecule has 0 unspecified atom stereocenters. The van der Waals surface area contributed by atoms with E-state index < -0.39 is 7.12 Å². The molecule has 0 N–H and O–H groups in total. The third kappa shape index (κ3) is 3.23. The van der Waals surface area contributed by atoms with Gasteiger partial charge in [0.1, 0.15) is 0 Å². The number of thiol groups is 1. The van der Waals surface area contributed by atoms with Crippen molar-refractivity contribution in [3.63, 3.8) is 0 Å². The van der Waals surface area contributed by atoms with Gasteiger partial charge in [0.2, 0.25) is 0 Å². The number of pyridine rings is 1. The van der Waals surface area contributed by atoms with Gasteiger partial charge in [-0.25, -0.2) is 0 Å². The number of hydrogen-bond acceptors (Lipinski definition) is 4. The lowest BCUT2D eigenvalue weighted by molar-refractivity contribution is 0.00578. The van der Waals surface area contributed by atoms with Crippen molar-refractivity contribution in [2.75, 3.05) is 5.75 Å². The number of nitrogens with zero attached hydrogens (tertiary/aromatic N) is 1. The number of aromatic nitrogens is 1. The van der Waals surface area contributed by atoms with E-state index in [0.29, 0.717) is 10.8 Å². The van der Waals surface area contributed by atoms with Crippen LogP contribution < -0.4 is 0 Å². The van der Waals surface area contributed by atoms with Gasteiger partial charge in [-0.15, -0.1) is 0 Å². The van der Waals surface area contributed by atoms with Gasteiger partial charge in [-0.2, -0.15) is 12.6 Å².